The smallest absolute Gasteiger partial charge is 0.416 e. The lowest BCUT2D eigenvalue weighted by molar-refractivity contribution is -0.144. The van der Waals surface area contributed by atoms with Gasteiger partial charge in [0.25, 0.3) is 0 Å². The van der Waals surface area contributed by atoms with Crippen LogP contribution in [0.25, 0.3) is 0 Å². The molecule has 0 fully saturated rings. The van der Waals surface area contributed by atoms with Gasteiger partial charge in [-0.25, -0.2) is 4.79 Å². The van der Waals surface area contributed by atoms with E-state index < -0.39 is 29.7 Å². The summed E-state index contributed by atoms with van der Waals surface area (Å²) in [5, 5.41) is 5.14. The highest BCUT2D eigenvalue weighted by molar-refractivity contribution is 5.83. The first-order chi connectivity index (χ1) is 9.74. The zero-order valence-electron chi connectivity index (χ0n) is 11.5. The number of methoxy groups -OCH3 is 1. The number of hydrogen-bond donors (Lipinski definition) is 2. The van der Waals surface area contributed by atoms with Crippen LogP contribution in [-0.4, -0.2) is 31.6 Å². The number of anilines is 1. The normalized spacial score (nSPS) is 12.4. The lowest BCUT2D eigenvalue weighted by Crippen LogP contribution is -2.45. The number of rotatable bonds is 5. The van der Waals surface area contributed by atoms with E-state index >= 15 is 0 Å². The number of benzene rings is 1. The average Bonchev–Trinajstić information content (AvgIpc) is 2.41. The van der Waals surface area contributed by atoms with Crippen molar-refractivity contribution in [2.24, 2.45) is 0 Å². The molecule has 0 saturated carbocycles. The molecule has 0 radical (unpaired) electrons. The molecular weight excluding hydrogens is 289 g/mol. The maximum atomic E-state index is 12.4. The Hall–Kier alpha value is -2.25. The third kappa shape index (κ3) is 5.33. The van der Waals surface area contributed by atoms with Gasteiger partial charge in [0.1, 0.15) is 6.04 Å². The summed E-state index contributed by atoms with van der Waals surface area (Å²) in [6, 6.07) is 3.41. The van der Waals surface area contributed by atoms with Crippen LogP contribution in [0.5, 0.6) is 0 Å². The molecule has 0 bridgehead atoms. The summed E-state index contributed by atoms with van der Waals surface area (Å²) >= 11 is 0. The molecule has 0 heterocycles. The fourth-order valence-corrected chi connectivity index (χ4v) is 1.58. The van der Waals surface area contributed by atoms with Gasteiger partial charge < -0.3 is 15.4 Å². The predicted octanol–water partition coefficient (Wildman–Crippen LogP) is 1.79. The first-order valence-corrected chi connectivity index (χ1v) is 6.00. The second kappa shape index (κ2) is 6.96. The zero-order valence-corrected chi connectivity index (χ0v) is 11.5. The lowest BCUT2D eigenvalue weighted by Gasteiger charge is -2.17. The number of alkyl halides is 3. The van der Waals surface area contributed by atoms with Gasteiger partial charge in [-0.1, -0.05) is 0 Å². The van der Waals surface area contributed by atoms with E-state index in [2.05, 4.69) is 15.4 Å². The summed E-state index contributed by atoms with van der Waals surface area (Å²) in [6.45, 7) is 1.24. The van der Waals surface area contributed by atoms with Gasteiger partial charge in [0.2, 0.25) is 5.91 Å². The topological polar surface area (TPSA) is 67.4 Å². The van der Waals surface area contributed by atoms with Crippen molar-refractivity contribution in [2.75, 3.05) is 19.0 Å². The maximum Gasteiger partial charge on any atom is 0.416 e. The molecule has 1 atom stereocenters. The number of carbonyl (C=O) groups excluding carboxylic acids is 2. The highest BCUT2D eigenvalue weighted by Gasteiger charge is 2.30. The Labute approximate surface area is 119 Å². The molecule has 0 aliphatic rings. The van der Waals surface area contributed by atoms with Crippen molar-refractivity contribution in [2.45, 2.75) is 19.1 Å². The monoisotopic (exact) mass is 304 g/mol. The summed E-state index contributed by atoms with van der Waals surface area (Å²) in [5.74, 6) is -1.07. The summed E-state index contributed by atoms with van der Waals surface area (Å²) in [6.07, 6.45) is -4.40. The SMILES string of the molecule is COC(=O)C(CNc1ccc(C(F)(F)F)cc1)NC(C)=O. The summed E-state index contributed by atoms with van der Waals surface area (Å²) in [4.78, 5) is 22.4. The quantitative estimate of drug-likeness (QED) is 0.814. The van der Waals surface area contributed by atoms with E-state index in [0.29, 0.717) is 5.69 Å². The Kier molecular flexibility index (Phi) is 5.57. The Bertz CT molecular complexity index is 500. The van der Waals surface area contributed by atoms with E-state index in [-0.39, 0.29) is 6.54 Å². The highest BCUT2D eigenvalue weighted by atomic mass is 19.4. The van der Waals surface area contributed by atoms with Crippen LogP contribution >= 0.6 is 0 Å². The van der Waals surface area contributed by atoms with Crippen molar-refractivity contribution in [3.05, 3.63) is 29.8 Å². The van der Waals surface area contributed by atoms with E-state index in [9.17, 15) is 22.8 Å². The van der Waals surface area contributed by atoms with Gasteiger partial charge in [-0.15, -0.1) is 0 Å². The Morgan fingerprint density at radius 3 is 2.24 bits per heavy atom. The van der Waals surface area contributed by atoms with Gasteiger partial charge >= 0.3 is 12.1 Å². The van der Waals surface area contributed by atoms with Crippen molar-refractivity contribution in [3.63, 3.8) is 0 Å². The molecule has 1 rings (SSSR count). The van der Waals surface area contributed by atoms with Crippen LogP contribution in [0.15, 0.2) is 24.3 Å². The number of esters is 1. The van der Waals surface area contributed by atoms with Gasteiger partial charge in [0.05, 0.1) is 12.7 Å². The molecule has 8 heteroatoms. The number of hydrogen-bond acceptors (Lipinski definition) is 4. The number of carbonyl (C=O) groups is 2. The molecule has 2 N–H and O–H groups in total. The number of nitrogens with one attached hydrogen (secondary N) is 2. The minimum atomic E-state index is -4.40. The van der Waals surface area contributed by atoms with Gasteiger partial charge in [0.15, 0.2) is 0 Å². The van der Waals surface area contributed by atoms with E-state index in [1.165, 1.54) is 26.2 Å². The zero-order chi connectivity index (χ0) is 16.0. The second-order valence-electron chi connectivity index (χ2n) is 4.23. The van der Waals surface area contributed by atoms with Crippen LogP contribution in [0.1, 0.15) is 12.5 Å². The highest BCUT2D eigenvalue weighted by Crippen LogP contribution is 2.29. The first kappa shape index (κ1) is 16.8. The Morgan fingerprint density at radius 2 is 1.81 bits per heavy atom. The molecule has 1 aromatic rings. The molecule has 1 aromatic carbocycles. The molecule has 0 aliphatic heterocycles. The van der Waals surface area contributed by atoms with E-state index in [1.807, 2.05) is 0 Å². The van der Waals surface area contributed by atoms with E-state index in [1.54, 1.807) is 0 Å². The molecule has 116 valence electrons. The molecule has 0 spiro atoms. The van der Waals surface area contributed by atoms with Crippen molar-refractivity contribution in [1.82, 2.24) is 5.32 Å². The van der Waals surface area contributed by atoms with Gasteiger partial charge in [0, 0.05) is 19.2 Å². The molecule has 1 amide bonds. The van der Waals surface area contributed by atoms with Crippen LogP contribution in [0.4, 0.5) is 18.9 Å². The predicted molar refractivity (Wildman–Crippen MR) is 69.6 cm³/mol. The molecular formula is C13H15F3N2O3. The summed E-state index contributed by atoms with van der Waals surface area (Å²) in [7, 11) is 1.18. The van der Waals surface area contributed by atoms with Crippen LogP contribution in [-0.2, 0) is 20.5 Å². The Balaban J connectivity index is 2.67. The number of amides is 1. The van der Waals surface area contributed by atoms with E-state index in [0.717, 1.165) is 12.1 Å². The molecule has 1 unspecified atom stereocenters. The van der Waals surface area contributed by atoms with Crippen LogP contribution < -0.4 is 10.6 Å². The van der Waals surface area contributed by atoms with Gasteiger partial charge in [-0.3, -0.25) is 4.79 Å². The second-order valence-corrected chi connectivity index (χ2v) is 4.23. The molecule has 21 heavy (non-hydrogen) atoms. The molecule has 0 saturated heterocycles. The minimum absolute atomic E-state index is 0.00236. The van der Waals surface area contributed by atoms with Crippen LogP contribution in [0, 0.1) is 0 Å². The fourth-order valence-electron chi connectivity index (χ4n) is 1.58. The van der Waals surface area contributed by atoms with Crippen LogP contribution in [0.3, 0.4) is 0 Å². The number of ether oxygens (including phenoxy) is 1. The maximum absolute atomic E-state index is 12.4. The Morgan fingerprint density at radius 1 is 1.24 bits per heavy atom. The van der Waals surface area contributed by atoms with Crippen molar-refractivity contribution in [3.8, 4) is 0 Å². The summed E-state index contributed by atoms with van der Waals surface area (Å²) in [5.41, 5.74) is -0.373. The van der Waals surface area contributed by atoms with E-state index in [4.69, 9.17) is 0 Å². The molecule has 0 aliphatic carbocycles. The standard InChI is InChI=1S/C13H15F3N2O3/c1-8(19)18-11(12(20)21-2)7-17-10-5-3-9(4-6-10)13(14,15)16/h3-6,11,17H,7H2,1-2H3,(H,18,19). The fraction of sp³-hybridized carbons (Fsp3) is 0.385. The molecule has 5 nitrogen and oxygen atoms in total. The van der Waals surface area contributed by atoms with Gasteiger partial charge in [-0.05, 0) is 24.3 Å². The molecule has 0 aromatic heterocycles. The third-order valence-electron chi connectivity index (χ3n) is 2.59. The average molecular weight is 304 g/mol. The van der Waals surface area contributed by atoms with Crippen molar-refractivity contribution >= 4 is 17.6 Å². The van der Waals surface area contributed by atoms with Crippen molar-refractivity contribution in [1.29, 1.82) is 0 Å². The lowest BCUT2D eigenvalue weighted by atomic mass is 10.2. The third-order valence-corrected chi connectivity index (χ3v) is 2.59. The van der Waals surface area contributed by atoms with Crippen LogP contribution in [0.2, 0.25) is 0 Å². The number of halogens is 3. The van der Waals surface area contributed by atoms with Gasteiger partial charge in [-0.2, -0.15) is 13.2 Å². The summed E-state index contributed by atoms with van der Waals surface area (Å²) < 4.78 is 41.7. The first-order valence-electron chi connectivity index (χ1n) is 6.00. The largest absolute Gasteiger partial charge is 0.467 e. The van der Waals surface area contributed by atoms with Crippen molar-refractivity contribution < 1.29 is 27.5 Å². The minimum Gasteiger partial charge on any atom is -0.467 e.